The van der Waals surface area contributed by atoms with Crippen LogP contribution in [0, 0.1) is 19.7 Å². The van der Waals surface area contributed by atoms with Crippen molar-refractivity contribution in [1.29, 1.82) is 0 Å². The second-order valence-electron chi connectivity index (χ2n) is 9.78. The predicted molar refractivity (Wildman–Crippen MR) is 145 cm³/mol. The number of rotatable bonds is 3. The molecule has 10 heteroatoms. The normalized spacial score (nSPS) is 16.9. The summed E-state index contributed by atoms with van der Waals surface area (Å²) in [6.45, 7) is 8.49. The van der Waals surface area contributed by atoms with Gasteiger partial charge in [-0.05, 0) is 61.7 Å². The van der Waals surface area contributed by atoms with Crippen LogP contribution in [-0.4, -0.2) is 43.2 Å². The number of aliphatic imine (C=N–C) groups is 1. The molecule has 1 atom stereocenters. The van der Waals surface area contributed by atoms with Crippen LogP contribution < -0.4 is 9.80 Å². The lowest BCUT2D eigenvalue weighted by atomic mass is 9.96. The Morgan fingerprint density at radius 2 is 1.57 bits per heavy atom. The molecule has 0 bridgehead atoms. The summed E-state index contributed by atoms with van der Waals surface area (Å²) in [6, 6.07) is 16.6. The predicted octanol–water partition coefficient (Wildman–Crippen LogP) is 6.66. The van der Waals surface area contributed by atoms with Crippen LogP contribution in [-0.2, 0) is 15.8 Å². The zero-order chi connectivity index (χ0) is 29.0. The van der Waals surface area contributed by atoms with Gasteiger partial charge in [0.15, 0.2) is 0 Å². The number of halogens is 4. The maximum Gasteiger partial charge on any atom is 0.416 e. The molecule has 5 rings (SSSR count). The molecule has 0 radical (unpaired) electrons. The first-order valence-electron chi connectivity index (χ1n) is 13.0. The molecule has 0 unspecified atom stereocenters. The highest BCUT2D eigenvalue weighted by Crippen LogP contribution is 2.44. The van der Waals surface area contributed by atoms with Gasteiger partial charge in [-0.15, -0.1) is 0 Å². The molecule has 2 aliphatic rings. The second kappa shape index (κ2) is 11.9. The van der Waals surface area contributed by atoms with Gasteiger partial charge in [0, 0.05) is 43.1 Å². The van der Waals surface area contributed by atoms with Crippen molar-refractivity contribution in [3.05, 3.63) is 88.7 Å². The van der Waals surface area contributed by atoms with Crippen LogP contribution in [0.25, 0.3) is 0 Å². The molecule has 2 aliphatic heterocycles. The summed E-state index contributed by atoms with van der Waals surface area (Å²) < 4.78 is 56.1. The SMILES string of the molecule is CC[C@H]1c2cccc(F)c2N=C(N2CCN(c3cccc(C)c3)CC2)N1c1cc(C(F)(F)F)ccc1C.O=C=O. The quantitative estimate of drug-likeness (QED) is 0.339. The van der Waals surface area contributed by atoms with Crippen molar-refractivity contribution in [3.63, 3.8) is 0 Å². The highest BCUT2D eigenvalue weighted by atomic mass is 19.4. The van der Waals surface area contributed by atoms with Crippen LogP contribution in [0.4, 0.5) is 34.6 Å². The molecule has 6 nitrogen and oxygen atoms in total. The number of piperazine rings is 1. The molecule has 0 spiro atoms. The van der Waals surface area contributed by atoms with Crippen LogP contribution in [0.2, 0.25) is 0 Å². The van der Waals surface area contributed by atoms with Crippen LogP contribution in [0.15, 0.2) is 65.7 Å². The minimum Gasteiger partial charge on any atom is -0.368 e. The lowest BCUT2D eigenvalue weighted by molar-refractivity contribution is -0.191. The van der Waals surface area contributed by atoms with E-state index in [4.69, 9.17) is 14.6 Å². The summed E-state index contributed by atoms with van der Waals surface area (Å²) in [6.07, 6.45) is -3.64. The van der Waals surface area contributed by atoms with Gasteiger partial charge in [-0.25, -0.2) is 9.38 Å². The smallest absolute Gasteiger partial charge is 0.368 e. The van der Waals surface area contributed by atoms with E-state index < -0.39 is 17.6 Å². The largest absolute Gasteiger partial charge is 0.416 e. The number of alkyl halides is 3. The summed E-state index contributed by atoms with van der Waals surface area (Å²) in [5, 5.41) is 0. The van der Waals surface area contributed by atoms with Gasteiger partial charge in [0.05, 0.1) is 11.6 Å². The van der Waals surface area contributed by atoms with Crippen molar-refractivity contribution in [2.24, 2.45) is 4.99 Å². The Labute approximate surface area is 230 Å². The number of aryl methyl sites for hydroxylation is 2. The fourth-order valence-electron chi connectivity index (χ4n) is 5.29. The van der Waals surface area contributed by atoms with E-state index in [0.717, 1.165) is 24.8 Å². The first-order valence-corrected chi connectivity index (χ1v) is 13.0. The van der Waals surface area contributed by atoms with Crippen molar-refractivity contribution in [1.82, 2.24) is 4.90 Å². The highest BCUT2D eigenvalue weighted by molar-refractivity contribution is 6.01. The van der Waals surface area contributed by atoms with Crippen molar-refractivity contribution in [2.45, 2.75) is 39.4 Å². The number of anilines is 2. The minimum absolute atomic E-state index is 0.250. The van der Waals surface area contributed by atoms with Crippen molar-refractivity contribution >= 4 is 29.2 Å². The van der Waals surface area contributed by atoms with Gasteiger partial charge in [-0.1, -0.05) is 37.3 Å². The second-order valence-corrected chi connectivity index (χ2v) is 9.78. The molecule has 0 aliphatic carbocycles. The van der Waals surface area contributed by atoms with E-state index in [9.17, 15) is 17.6 Å². The van der Waals surface area contributed by atoms with Gasteiger partial charge in [0.2, 0.25) is 5.96 Å². The lowest BCUT2D eigenvalue weighted by Crippen LogP contribution is -2.55. The van der Waals surface area contributed by atoms with E-state index in [2.05, 4.69) is 34.9 Å². The van der Waals surface area contributed by atoms with E-state index in [1.807, 2.05) is 24.0 Å². The molecule has 3 aromatic carbocycles. The molecule has 40 heavy (non-hydrogen) atoms. The van der Waals surface area contributed by atoms with Crippen LogP contribution in [0.3, 0.4) is 0 Å². The maximum atomic E-state index is 15.0. The number of hydrogen-bond donors (Lipinski definition) is 0. The zero-order valence-corrected chi connectivity index (χ0v) is 22.5. The Bertz CT molecular complexity index is 1430. The number of benzene rings is 3. The van der Waals surface area contributed by atoms with Crippen molar-refractivity contribution < 1.29 is 27.2 Å². The molecular formula is C30H30F4N4O2. The fraction of sp³-hybridized carbons (Fsp3) is 0.333. The minimum atomic E-state index is -4.47. The first-order chi connectivity index (χ1) is 19.1. The molecule has 1 saturated heterocycles. The van der Waals surface area contributed by atoms with Gasteiger partial charge in [0.1, 0.15) is 11.5 Å². The molecule has 3 aromatic rings. The standard InChI is InChI=1S/C29H30F4N4.CO2/c1-4-25-23-9-6-10-24(30)27(23)34-28(37(25)26-18-21(29(31,32)33)12-11-20(26)3)36-15-13-35(14-16-36)22-8-5-7-19(2)17-22;2-1-3/h5-12,17-18,25H,4,13-16H2,1-3H3;/t25-;/m0./s1. The zero-order valence-electron chi connectivity index (χ0n) is 22.5. The van der Waals surface area contributed by atoms with Gasteiger partial charge in [0.25, 0.3) is 0 Å². The summed E-state index contributed by atoms with van der Waals surface area (Å²) in [4.78, 5) is 27.3. The Hall–Kier alpha value is -4.17. The topological polar surface area (TPSA) is 56.2 Å². The molecule has 0 saturated carbocycles. The van der Waals surface area contributed by atoms with E-state index >= 15 is 0 Å². The van der Waals surface area contributed by atoms with E-state index in [-0.39, 0.29) is 17.9 Å². The molecule has 0 amide bonds. The Morgan fingerprint density at radius 1 is 0.925 bits per heavy atom. The summed E-state index contributed by atoms with van der Waals surface area (Å²) in [7, 11) is 0. The Morgan fingerprint density at radius 3 is 2.20 bits per heavy atom. The number of carbonyl (C=O) groups excluding carboxylic acids is 2. The third-order valence-corrected chi connectivity index (χ3v) is 7.23. The fourth-order valence-corrected chi connectivity index (χ4v) is 5.29. The first kappa shape index (κ1) is 28.8. The third-order valence-electron chi connectivity index (χ3n) is 7.23. The Balaban J connectivity index is 0.00000118. The monoisotopic (exact) mass is 554 g/mol. The molecule has 210 valence electrons. The Kier molecular flexibility index (Phi) is 8.59. The highest BCUT2D eigenvalue weighted by Gasteiger charge is 2.38. The molecule has 1 fully saturated rings. The van der Waals surface area contributed by atoms with Crippen molar-refractivity contribution in [2.75, 3.05) is 36.0 Å². The van der Waals surface area contributed by atoms with E-state index in [0.29, 0.717) is 42.3 Å². The lowest BCUT2D eigenvalue weighted by Gasteiger charge is -2.45. The van der Waals surface area contributed by atoms with Crippen LogP contribution >= 0.6 is 0 Å². The van der Waals surface area contributed by atoms with Gasteiger partial charge >= 0.3 is 12.3 Å². The average Bonchev–Trinajstić information content (AvgIpc) is 2.92. The number of nitrogens with zero attached hydrogens (tertiary/aromatic N) is 4. The van der Waals surface area contributed by atoms with E-state index in [1.165, 1.54) is 23.8 Å². The van der Waals surface area contributed by atoms with Gasteiger partial charge in [-0.3, -0.25) is 0 Å². The third kappa shape index (κ3) is 5.87. The van der Waals surface area contributed by atoms with Gasteiger partial charge < -0.3 is 14.7 Å². The van der Waals surface area contributed by atoms with Crippen LogP contribution in [0.1, 0.15) is 41.6 Å². The van der Waals surface area contributed by atoms with Crippen LogP contribution in [0.5, 0.6) is 0 Å². The number of hydrogen-bond acceptors (Lipinski definition) is 6. The van der Waals surface area contributed by atoms with E-state index in [1.54, 1.807) is 13.0 Å². The molecular weight excluding hydrogens is 524 g/mol. The summed E-state index contributed by atoms with van der Waals surface area (Å²) in [5.74, 6) is 0.0722. The number of fused-ring (bicyclic) bond motifs is 1. The molecule has 2 heterocycles. The van der Waals surface area contributed by atoms with Crippen molar-refractivity contribution in [3.8, 4) is 0 Å². The molecule has 0 aromatic heterocycles. The summed E-state index contributed by atoms with van der Waals surface area (Å²) in [5.41, 5.74) is 3.71. The van der Waals surface area contributed by atoms with Gasteiger partial charge in [-0.2, -0.15) is 22.8 Å². The number of para-hydroxylation sites is 1. The maximum absolute atomic E-state index is 15.0. The summed E-state index contributed by atoms with van der Waals surface area (Å²) >= 11 is 0. The average molecular weight is 555 g/mol. The molecule has 0 N–H and O–H groups in total. The number of guanidine groups is 1.